The summed E-state index contributed by atoms with van der Waals surface area (Å²) in [6.07, 6.45) is 0. The number of methoxy groups -OCH3 is 1. The molecule has 0 spiro atoms. The number of aromatic nitrogens is 1. The van der Waals surface area contributed by atoms with Crippen LogP contribution in [0.3, 0.4) is 0 Å². The van der Waals surface area contributed by atoms with Gasteiger partial charge in [-0.2, -0.15) is 0 Å². The highest BCUT2D eigenvalue weighted by Gasteiger charge is 2.13. The Morgan fingerprint density at radius 3 is 3.05 bits per heavy atom. The number of aromatic amines is 1. The van der Waals surface area contributed by atoms with E-state index in [1.165, 1.54) is 4.70 Å². The van der Waals surface area contributed by atoms with Gasteiger partial charge in [0.15, 0.2) is 0 Å². The van der Waals surface area contributed by atoms with Crippen molar-refractivity contribution in [2.45, 2.75) is 0 Å². The Morgan fingerprint density at radius 1 is 1.40 bits per heavy atom. The lowest BCUT2D eigenvalue weighted by molar-refractivity contribution is -0.321. The molecule has 108 valence electrons. The van der Waals surface area contributed by atoms with E-state index in [4.69, 9.17) is 9.47 Å². The van der Waals surface area contributed by atoms with Crippen LogP contribution in [0.4, 0.5) is 5.13 Å². The van der Waals surface area contributed by atoms with Crippen molar-refractivity contribution in [2.24, 2.45) is 0 Å². The third-order valence-corrected chi connectivity index (χ3v) is 4.47. The van der Waals surface area contributed by atoms with Crippen molar-refractivity contribution in [1.82, 2.24) is 4.90 Å². The van der Waals surface area contributed by atoms with Gasteiger partial charge in [0, 0.05) is 25.7 Å². The molecular weight excluding hydrogens is 274 g/mol. The van der Waals surface area contributed by atoms with Crippen LogP contribution < -0.4 is 15.0 Å². The number of nitrogens with zero attached hydrogens (tertiary/aromatic N) is 1. The minimum absolute atomic E-state index is 0.856. The van der Waals surface area contributed by atoms with Crippen LogP contribution in [-0.2, 0) is 4.74 Å². The van der Waals surface area contributed by atoms with Gasteiger partial charge in [-0.15, -0.1) is 0 Å². The molecule has 2 heterocycles. The molecule has 20 heavy (non-hydrogen) atoms. The maximum Gasteiger partial charge on any atom is 0.332 e. The van der Waals surface area contributed by atoms with Crippen molar-refractivity contribution in [3.63, 3.8) is 0 Å². The molecule has 1 aromatic carbocycles. The molecule has 2 N–H and O–H groups in total. The van der Waals surface area contributed by atoms with Gasteiger partial charge in [-0.3, -0.25) is 10.2 Å². The van der Waals surface area contributed by atoms with Crippen LogP contribution in [0.25, 0.3) is 10.2 Å². The molecule has 1 aromatic heterocycles. The summed E-state index contributed by atoms with van der Waals surface area (Å²) in [6, 6.07) is 6.09. The standard InChI is InChI=1S/C14H19N3O2S/c1-18-11-2-3-12-13(10-11)20-14(16-12)15-4-5-17-6-8-19-9-7-17/h2-3,10H,4-9H2,1H3,(H,15,16)/p+1. The average molecular weight is 294 g/mol. The quantitative estimate of drug-likeness (QED) is 0.907. The number of thiazole rings is 1. The van der Waals surface area contributed by atoms with E-state index in [1.54, 1.807) is 18.4 Å². The first kappa shape index (κ1) is 13.6. The second kappa shape index (κ2) is 6.39. The summed E-state index contributed by atoms with van der Waals surface area (Å²) in [7, 11) is 1.69. The first-order chi connectivity index (χ1) is 9.85. The Balaban J connectivity index is 1.57. The molecule has 1 aliphatic heterocycles. The molecule has 3 rings (SSSR count). The van der Waals surface area contributed by atoms with E-state index in [-0.39, 0.29) is 0 Å². The molecule has 0 bridgehead atoms. The van der Waals surface area contributed by atoms with Crippen LogP contribution in [0, 0.1) is 0 Å². The first-order valence-corrected chi connectivity index (χ1v) is 7.70. The Bertz CT molecular complexity index is 567. The molecular formula is C14H20N3O2S+. The Kier molecular flexibility index (Phi) is 4.34. The molecule has 0 unspecified atom stereocenters. The maximum atomic E-state index is 5.35. The number of nitrogens with one attached hydrogen (secondary N) is 2. The van der Waals surface area contributed by atoms with Gasteiger partial charge in [-0.25, -0.2) is 4.98 Å². The number of rotatable bonds is 5. The van der Waals surface area contributed by atoms with E-state index in [1.807, 2.05) is 6.07 Å². The van der Waals surface area contributed by atoms with E-state index in [9.17, 15) is 0 Å². The van der Waals surface area contributed by atoms with Gasteiger partial charge in [0.25, 0.3) is 0 Å². The summed E-state index contributed by atoms with van der Waals surface area (Å²) in [4.78, 5) is 5.82. The van der Waals surface area contributed by atoms with Gasteiger partial charge >= 0.3 is 5.13 Å². The monoisotopic (exact) mass is 294 g/mol. The second-order valence-corrected chi connectivity index (χ2v) is 5.85. The van der Waals surface area contributed by atoms with Crippen LogP contribution in [0.2, 0.25) is 0 Å². The highest BCUT2D eigenvalue weighted by Crippen LogP contribution is 2.25. The minimum atomic E-state index is 0.856. The smallest absolute Gasteiger partial charge is 0.332 e. The van der Waals surface area contributed by atoms with Crippen molar-refractivity contribution in [3.05, 3.63) is 18.2 Å². The number of morpholine rings is 1. The normalized spacial score (nSPS) is 16.4. The SMILES string of the molecule is COc1ccc2[nH+]c(NCCN3CCOCC3)sc2c1. The van der Waals surface area contributed by atoms with E-state index < -0.39 is 0 Å². The van der Waals surface area contributed by atoms with E-state index in [2.05, 4.69) is 27.3 Å². The number of anilines is 1. The molecule has 1 fully saturated rings. The fraction of sp³-hybridized carbons (Fsp3) is 0.500. The first-order valence-electron chi connectivity index (χ1n) is 6.89. The highest BCUT2D eigenvalue weighted by atomic mass is 32.1. The van der Waals surface area contributed by atoms with E-state index in [0.717, 1.165) is 55.8 Å². The zero-order valence-corrected chi connectivity index (χ0v) is 12.5. The summed E-state index contributed by atoms with van der Waals surface area (Å²) in [5.74, 6) is 0.896. The van der Waals surface area contributed by atoms with E-state index >= 15 is 0 Å². The lowest BCUT2D eigenvalue weighted by Gasteiger charge is -2.25. The number of fused-ring (bicyclic) bond motifs is 1. The van der Waals surface area contributed by atoms with Crippen molar-refractivity contribution < 1.29 is 14.5 Å². The van der Waals surface area contributed by atoms with E-state index in [0.29, 0.717) is 0 Å². The molecule has 0 aliphatic carbocycles. The number of hydrogen-bond acceptors (Lipinski definition) is 5. The second-order valence-electron chi connectivity index (χ2n) is 4.80. The maximum absolute atomic E-state index is 5.35. The van der Waals surface area contributed by atoms with Crippen molar-refractivity contribution in [1.29, 1.82) is 0 Å². The third kappa shape index (κ3) is 3.20. The molecule has 0 atom stereocenters. The van der Waals surface area contributed by atoms with Crippen LogP contribution in [-0.4, -0.2) is 51.4 Å². The van der Waals surface area contributed by atoms with Gasteiger partial charge in [-0.1, -0.05) is 0 Å². The molecule has 1 aliphatic rings. The van der Waals surface area contributed by atoms with Crippen LogP contribution in [0.1, 0.15) is 0 Å². The van der Waals surface area contributed by atoms with Crippen molar-refractivity contribution >= 4 is 26.7 Å². The minimum Gasteiger partial charge on any atom is -0.497 e. The molecule has 5 nitrogen and oxygen atoms in total. The Hall–Kier alpha value is -1.37. The Labute approximate surface area is 122 Å². The molecule has 1 saturated heterocycles. The highest BCUT2D eigenvalue weighted by molar-refractivity contribution is 7.21. The summed E-state index contributed by atoms with van der Waals surface area (Å²) >= 11 is 1.72. The summed E-state index contributed by atoms with van der Waals surface area (Å²) < 4.78 is 11.8. The zero-order chi connectivity index (χ0) is 13.8. The fourth-order valence-electron chi connectivity index (χ4n) is 2.31. The predicted octanol–water partition coefficient (Wildman–Crippen LogP) is 1.47. The number of H-pyrrole nitrogens is 1. The number of hydrogen-bond donors (Lipinski definition) is 1. The average Bonchev–Trinajstić information content (AvgIpc) is 2.90. The van der Waals surface area contributed by atoms with Gasteiger partial charge in [0.2, 0.25) is 0 Å². The molecule has 0 amide bonds. The molecule has 0 saturated carbocycles. The summed E-state index contributed by atoms with van der Waals surface area (Å²) in [5, 5.41) is 4.56. The van der Waals surface area contributed by atoms with Gasteiger partial charge in [0.1, 0.15) is 11.3 Å². The van der Waals surface area contributed by atoms with Crippen LogP contribution >= 0.6 is 11.3 Å². The van der Waals surface area contributed by atoms with Crippen molar-refractivity contribution in [3.8, 4) is 5.75 Å². The van der Waals surface area contributed by atoms with Gasteiger partial charge < -0.3 is 9.47 Å². The van der Waals surface area contributed by atoms with Gasteiger partial charge in [-0.05, 0) is 23.5 Å². The predicted molar refractivity (Wildman–Crippen MR) is 80.7 cm³/mol. The fourth-order valence-corrected chi connectivity index (χ4v) is 3.27. The van der Waals surface area contributed by atoms with Crippen LogP contribution in [0.5, 0.6) is 5.75 Å². The lowest BCUT2D eigenvalue weighted by atomic mass is 10.3. The zero-order valence-electron chi connectivity index (χ0n) is 11.6. The van der Waals surface area contributed by atoms with Crippen molar-refractivity contribution in [2.75, 3.05) is 51.8 Å². The largest absolute Gasteiger partial charge is 0.497 e. The number of benzene rings is 1. The molecule has 2 aromatic rings. The lowest BCUT2D eigenvalue weighted by Crippen LogP contribution is -2.39. The molecule has 6 heteroatoms. The summed E-state index contributed by atoms with van der Waals surface area (Å²) in [6.45, 7) is 5.78. The number of ether oxygens (including phenoxy) is 2. The van der Waals surface area contributed by atoms with Gasteiger partial charge in [0.05, 0.1) is 31.6 Å². The van der Waals surface area contributed by atoms with Crippen LogP contribution in [0.15, 0.2) is 18.2 Å². The summed E-state index contributed by atoms with van der Waals surface area (Å²) in [5.41, 5.74) is 1.14. The Morgan fingerprint density at radius 2 is 2.25 bits per heavy atom. The molecule has 0 radical (unpaired) electrons. The topological polar surface area (TPSA) is 47.9 Å². The third-order valence-electron chi connectivity index (χ3n) is 3.47.